The molecule has 0 radical (unpaired) electrons. The van der Waals surface area contributed by atoms with Gasteiger partial charge in [0.1, 0.15) is 0 Å². The molecular weight excluding hydrogens is 291 g/mol. The summed E-state index contributed by atoms with van der Waals surface area (Å²) < 4.78 is 2.90. The van der Waals surface area contributed by atoms with Gasteiger partial charge in [0.2, 0.25) is 0 Å². The van der Waals surface area contributed by atoms with E-state index in [-0.39, 0.29) is 0 Å². The summed E-state index contributed by atoms with van der Waals surface area (Å²) in [5.41, 5.74) is 2.89. The Morgan fingerprint density at radius 1 is 1.46 bits per heavy atom. The molecule has 13 heavy (non-hydrogen) atoms. The first kappa shape index (κ1) is 9.46. The van der Waals surface area contributed by atoms with Gasteiger partial charge in [-0.2, -0.15) is 0 Å². The second-order valence-corrected chi connectivity index (χ2v) is 5.18. The molecule has 2 aromatic rings. The number of halogens is 1. The normalized spacial score (nSPS) is 11.0. The van der Waals surface area contributed by atoms with Crippen LogP contribution in [0.5, 0.6) is 0 Å². The quantitative estimate of drug-likeness (QED) is 0.686. The third-order valence-corrected chi connectivity index (χ3v) is 4.87. The van der Waals surface area contributed by atoms with Gasteiger partial charge in [0.05, 0.1) is 0 Å². The minimum Gasteiger partial charge on any atom is -0.143 e. The van der Waals surface area contributed by atoms with Crippen LogP contribution in [0.25, 0.3) is 10.1 Å². The Labute approximate surface area is 96.1 Å². The Bertz CT molecular complexity index is 443. The van der Waals surface area contributed by atoms with E-state index in [9.17, 15) is 0 Å². The Morgan fingerprint density at radius 3 is 2.92 bits per heavy atom. The largest absolute Gasteiger partial charge is 0.143 e. The molecule has 0 aliphatic rings. The lowest BCUT2D eigenvalue weighted by atomic mass is 10.1. The highest BCUT2D eigenvalue weighted by atomic mass is 127. The van der Waals surface area contributed by atoms with Gasteiger partial charge < -0.3 is 0 Å². The van der Waals surface area contributed by atoms with Gasteiger partial charge in [-0.1, -0.05) is 13.0 Å². The van der Waals surface area contributed by atoms with Crippen molar-refractivity contribution in [2.75, 3.05) is 0 Å². The molecule has 2 rings (SSSR count). The van der Waals surface area contributed by atoms with Crippen LogP contribution in [0.1, 0.15) is 18.1 Å². The number of fused-ring (bicyclic) bond motifs is 1. The van der Waals surface area contributed by atoms with Crippen LogP contribution in [0.2, 0.25) is 0 Å². The molecule has 1 heterocycles. The maximum Gasteiger partial charge on any atom is 0.0481 e. The maximum atomic E-state index is 2.46. The first-order chi connectivity index (χ1) is 6.24. The minimum atomic E-state index is 1.13. The van der Waals surface area contributed by atoms with E-state index < -0.39 is 0 Å². The van der Waals surface area contributed by atoms with Crippen molar-refractivity contribution in [2.24, 2.45) is 0 Å². The minimum absolute atomic E-state index is 1.13. The summed E-state index contributed by atoms with van der Waals surface area (Å²) in [4.78, 5) is 0. The van der Waals surface area contributed by atoms with E-state index in [0.717, 1.165) is 6.42 Å². The molecule has 0 aliphatic heterocycles. The fourth-order valence-electron chi connectivity index (χ4n) is 1.60. The number of thiophene rings is 1. The predicted molar refractivity (Wildman–Crippen MR) is 68.7 cm³/mol. The molecule has 68 valence electrons. The molecule has 0 spiro atoms. The second kappa shape index (κ2) is 3.58. The molecule has 0 N–H and O–H groups in total. The number of aryl methyl sites for hydroxylation is 2. The fraction of sp³-hybridized carbons (Fsp3) is 0.273. The zero-order valence-electron chi connectivity index (χ0n) is 7.73. The average Bonchev–Trinajstić information content (AvgIpc) is 2.60. The number of rotatable bonds is 1. The molecule has 0 bridgehead atoms. The number of hydrogen-bond donors (Lipinski definition) is 0. The van der Waals surface area contributed by atoms with E-state index in [1.54, 1.807) is 0 Å². The van der Waals surface area contributed by atoms with Crippen LogP contribution in [-0.4, -0.2) is 0 Å². The van der Waals surface area contributed by atoms with E-state index in [1.165, 1.54) is 24.8 Å². The zero-order valence-corrected chi connectivity index (χ0v) is 10.7. The van der Waals surface area contributed by atoms with E-state index >= 15 is 0 Å². The van der Waals surface area contributed by atoms with E-state index in [2.05, 4.69) is 54.0 Å². The fourth-order valence-corrected chi connectivity index (χ4v) is 3.74. The van der Waals surface area contributed by atoms with Gasteiger partial charge in [0, 0.05) is 8.27 Å². The van der Waals surface area contributed by atoms with Crippen molar-refractivity contribution in [3.8, 4) is 0 Å². The van der Waals surface area contributed by atoms with Crippen LogP contribution in [0.3, 0.4) is 0 Å². The lowest BCUT2D eigenvalue weighted by Crippen LogP contribution is -1.88. The van der Waals surface area contributed by atoms with Gasteiger partial charge in [-0.25, -0.2) is 0 Å². The standard InChI is InChI=1S/C11H11IS/c1-3-8-6-7(2)9-4-5-13-11(9)10(8)12/h4-6H,3H2,1-2H3. The third kappa shape index (κ3) is 1.50. The Hall–Kier alpha value is -0.0900. The van der Waals surface area contributed by atoms with Crippen molar-refractivity contribution >= 4 is 44.0 Å². The second-order valence-electron chi connectivity index (χ2n) is 3.18. The van der Waals surface area contributed by atoms with Crippen LogP contribution >= 0.6 is 33.9 Å². The van der Waals surface area contributed by atoms with E-state index in [1.807, 2.05) is 11.3 Å². The van der Waals surface area contributed by atoms with Crippen LogP contribution in [-0.2, 0) is 6.42 Å². The summed E-state index contributed by atoms with van der Waals surface area (Å²) in [5.74, 6) is 0. The first-order valence-corrected chi connectivity index (χ1v) is 6.35. The monoisotopic (exact) mass is 302 g/mol. The highest BCUT2D eigenvalue weighted by molar-refractivity contribution is 14.1. The molecule has 0 nitrogen and oxygen atoms in total. The molecule has 0 unspecified atom stereocenters. The lowest BCUT2D eigenvalue weighted by molar-refractivity contribution is 1.13. The van der Waals surface area contributed by atoms with Gasteiger partial charge >= 0.3 is 0 Å². The smallest absolute Gasteiger partial charge is 0.0481 e. The predicted octanol–water partition coefficient (Wildman–Crippen LogP) is 4.38. The highest BCUT2D eigenvalue weighted by Gasteiger charge is 2.07. The Morgan fingerprint density at radius 2 is 2.23 bits per heavy atom. The summed E-state index contributed by atoms with van der Waals surface area (Å²) in [5, 5.41) is 3.60. The zero-order chi connectivity index (χ0) is 9.42. The SMILES string of the molecule is CCc1cc(C)c2ccsc2c1I. The summed E-state index contributed by atoms with van der Waals surface area (Å²) in [6.07, 6.45) is 1.13. The molecular formula is C11H11IS. The molecule has 0 fully saturated rings. The molecule has 0 amide bonds. The molecule has 2 heteroatoms. The number of benzene rings is 1. The molecule has 0 atom stereocenters. The van der Waals surface area contributed by atoms with Crippen molar-refractivity contribution in [1.29, 1.82) is 0 Å². The van der Waals surface area contributed by atoms with E-state index in [0.29, 0.717) is 0 Å². The van der Waals surface area contributed by atoms with Crippen molar-refractivity contribution in [1.82, 2.24) is 0 Å². The Balaban J connectivity index is 2.85. The van der Waals surface area contributed by atoms with Crippen molar-refractivity contribution in [2.45, 2.75) is 20.3 Å². The van der Waals surface area contributed by atoms with Gasteiger partial charge in [0.15, 0.2) is 0 Å². The lowest BCUT2D eigenvalue weighted by Gasteiger charge is -2.05. The average molecular weight is 302 g/mol. The molecule has 1 aromatic carbocycles. The van der Waals surface area contributed by atoms with Gasteiger partial charge in [-0.15, -0.1) is 11.3 Å². The van der Waals surface area contributed by atoms with Crippen LogP contribution < -0.4 is 0 Å². The summed E-state index contributed by atoms with van der Waals surface area (Å²) in [6, 6.07) is 4.54. The first-order valence-electron chi connectivity index (χ1n) is 4.39. The third-order valence-electron chi connectivity index (χ3n) is 2.34. The summed E-state index contributed by atoms with van der Waals surface area (Å²) in [7, 11) is 0. The Kier molecular flexibility index (Phi) is 2.60. The van der Waals surface area contributed by atoms with Crippen molar-refractivity contribution in [3.63, 3.8) is 0 Å². The van der Waals surface area contributed by atoms with Gasteiger partial charge in [-0.05, 0) is 63.9 Å². The molecule has 1 aromatic heterocycles. The van der Waals surface area contributed by atoms with Crippen LogP contribution in [0.4, 0.5) is 0 Å². The highest BCUT2D eigenvalue weighted by Crippen LogP contribution is 2.31. The molecule has 0 aliphatic carbocycles. The van der Waals surface area contributed by atoms with Crippen LogP contribution in [0.15, 0.2) is 17.5 Å². The van der Waals surface area contributed by atoms with Crippen molar-refractivity contribution < 1.29 is 0 Å². The number of hydrogen-bond acceptors (Lipinski definition) is 1. The van der Waals surface area contributed by atoms with E-state index in [4.69, 9.17) is 0 Å². The van der Waals surface area contributed by atoms with Gasteiger partial charge in [-0.3, -0.25) is 0 Å². The van der Waals surface area contributed by atoms with Gasteiger partial charge in [0.25, 0.3) is 0 Å². The summed E-state index contributed by atoms with van der Waals surface area (Å²) in [6.45, 7) is 4.42. The van der Waals surface area contributed by atoms with Crippen molar-refractivity contribution in [3.05, 3.63) is 32.2 Å². The molecule has 0 saturated carbocycles. The van der Waals surface area contributed by atoms with Crippen LogP contribution in [0, 0.1) is 10.5 Å². The molecule has 0 saturated heterocycles. The maximum absolute atomic E-state index is 2.46. The topological polar surface area (TPSA) is 0 Å². The summed E-state index contributed by atoms with van der Waals surface area (Å²) >= 11 is 4.31.